The van der Waals surface area contributed by atoms with E-state index in [2.05, 4.69) is 21.2 Å². The summed E-state index contributed by atoms with van der Waals surface area (Å²) in [5.41, 5.74) is 7.58. The molecule has 0 unspecified atom stereocenters. The first-order valence-electron chi connectivity index (χ1n) is 5.98. The largest absolute Gasteiger partial charge is 0.399 e. The zero-order chi connectivity index (χ0) is 14.7. The van der Waals surface area contributed by atoms with Gasteiger partial charge in [0.2, 0.25) is 5.91 Å². The predicted octanol–water partition coefficient (Wildman–Crippen LogP) is 2.14. The summed E-state index contributed by atoms with van der Waals surface area (Å²) in [5.74, 6) is -0.279. The van der Waals surface area contributed by atoms with E-state index in [1.165, 1.54) is 4.57 Å². The number of rotatable bonds is 3. The maximum absolute atomic E-state index is 12.0. The number of hydrogen-bond donors (Lipinski definition) is 2. The van der Waals surface area contributed by atoms with Crippen molar-refractivity contribution in [2.24, 2.45) is 0 Å². The van der Waals surface area contributed by atoms with Crippen LogP contribution in [0.3, 0.4) is 0 Å². The zero-order valence-electron chi connectivity index (χ0n) is 10.9. The molecule has 1 amide bonds. The van der Waals surface area contributed by atoms with Gasteiger partial charge < -0.3 is 15.6 Å². The average molecular weight is 336 g/mol. The summed E-state index contributed by atoms with van der Waals surface area (Å²) in [7, 11) is 0. The minimum absolute atomic E-state index is 0.0491. The number of aromatic nitrogens is 1. The van der Waals surface area contributed by atoms with Crippen molar-refractivity contribution >= 4 is 33.2 Å². The van der Waals surface area contributed by atoms with Gasteiger partial charge in [-0.25, -0.2) is 0 Å². The molecule has 1 aromatic heterocycles. The molecule has 0 atom stereocenters. The van der Waals surface area contributed by atoms with E-state index in [9.17, 15) is 9.59 Å². The molecule has 104 valence electrons. The van der Waals surface area contributed by atoms with E-state index in [-0.39, 0.29) is 18.0 Å². The van der Waals surface area contributed by atoms with Gasteiger partial charge in [0, 0.05) is 17.6 Å². The van der Waals surface area contributed by atoms with Crippen molar-refractivity contribution in [2.45, 2.75) is 13.5 Å². The number of anilines is 2. The lowest BCUT2D eigenvalue weighted by molar-refractivity contribution is -0.116. The van der Waals surface area contributed by atoms with Crippen LogP contribution in [0.1, 0.15) is 5.56 Å². The number of nitrogens with one attached hydrogen (secondary N) is 1. The molecular formula is C14H14BrN3O2. The van der Waals surface area contributed by atoms with Crippen LogP contribution in [0.5, 0.6) is 0 Å². The van der Waals surface area contributed by atoms with Crippen LogP contribution in [0.25, 0.3) is 0 Å². The number of halogens is 1. The van der Waals surface area contributed by atoms with Crippen LogP contribution < -0.4 is 16.6 Å². The number of carbonyl (C=O) groups excluding carboxylic acids is 1. The van der Waals surface area contributed by atoms with Gasteiger partial charge in [0.05, 0.1) is 4.47 Å². The van der Waals surface area contributed by atoms with Crippen LogP contribution in [0.2, 0.25) is 0 Å². The fraction of sp³-hybridized carbons (Fsp3) is 0.143. The van der Waals surface area contributed by atoms with E-state index >= 15 is 0 Å². The number of benzene rings is 1. The Kier molecular flexibility index (Phi) is 4.24. The number of hydrogen-bond acceptors (Lipinski definition) is 3. The Morgan fingerprint density at radius 1 is 1.40 bits per heavy atom. The average Bonchev–Trinajstić information content (AvgIpc) is 2.39. The molecule has 0 fully saturated rings. The number of nitrogens with two attached hydrogens (primary N) is 1. The highest BCUT2D eigenvalue weighted by Gasteiger charge is 2.08. The second-order valence-electron chi connectivity index (χ2n) is 4.41. The third kappa shape index (κ3) is 3.27. The second-order valence-corrected chi connectivity index (χ2v) is 5.27. The molecule has 0 aliphatic rings. The monoisotopic (exact) mass is 335 g/mol. The molecule has 2 rings (SSSR count). The first kappa shape index (κ1) is 14.3. The normalized spacial score (nSPS) is 10.3. The Labute approximate surface area is 124 Å². The molecule has 20 heavy (non-hydrogen) atoms. The summed E-state index contributed by atoms with van der Waals surface area (Å²) < 4.78 is 1.76. The molecule has 6 heteroatoms. The lowest BCUT2D eigenvalue weighted by Gasteiger charge is -2.10. The van der Waals surface area contributed by atoms with E-state index in [0.29, 0.717) is 15.8 Å². The molecule has 3 N–H and O–H groups in total. The van der Waals surface area contributed by atoms with Crippen molar-refractivity contribution in [1.29, 1.82) is 0 Å². The van der Waals surface area contributed by atoms with Crippen molar-refractivity contribution in [3.05, 3.63) is 56.9 Å². The van der Waals surface area contributed by atoms with Crippen molar-refractivity contribution < 1.29 is 4.79 Å². The Hall–Kier alpha value is -2.08. The minimum atomic E-state index is -0.279. The first-order valence-corrected chi connectivity index (χ1v) is 6.77. The summed E-state index contributed by atoms with van der Waals surface area (Å²) >= 11 is 3.14. The van der Waals surface area contributed by atoms with Gasteiger partial charge in [0.15, 0.2) is 0 Å². The van der Waals surface area contributed by atoms with E-state index < -0.39 is 0 Å². The minimum Gasteiger partial charge on any atom is -0.399 e. The molecule has 0 spiro atoms. The maximum atomic E-state index is 12.0. The number of carbonyl (C=O) groups is 1. The van der Waals surface area contributed by atoms with Crippen molar-refractivity contribution in [2.75, 3.05) is 11.1 Å². The molecular weight excluding hydrogens is 322 g/mol. The van der Waals surface area contributed by atoms with Gasteiger partial charge in [-0.1, -0.05) is 6.07 Å². The first-order chi connectivity index (χ1) is 9.47. The lowest BCUT2D eigenvalue weighted by Crippen LogP contribution is -2.27. The number of pyridine rings is 1. The van der Waals surface area contributed by atoms with Gasteiger partial charge >= 0.3 is 0 Å². The van der Waals surface area contributed by atoms with Crippen molar-refractivity contribution in [3.63, 3.8) is 0 Å². The van der Waals surface area contributed by atoms with Crippen LogP contribution in [0, 0.1) is 6.92 Å². The smallest absolute Gasteiger partial charge is 0.265 e. The highest BCUT2D eigenvalue weighted by atomic mass is 79.9. The van der Waals surface area contributed by atoms with Gasteiger partial charge in [0.25, 0.3) is 5.56 Å². The van der Waals surface area contributed by atoms with Gasteiger partial charge in [-0.2, -0.15) is 0 Å². The third-order valence-corrected chi connectivity index (χ3v) is 3.43. The second kappa shape index (κ2) is 5.92. The summed E-state index contributed by atoms with van der Waals surface area (Å²) in [6.07, 6.45) is 1.57. The van der Waals surface area contributed by atoms with Crippen LogP contribution in [-0.4, -0.2) is 10.5 Å². The Bertz CT molecular complexity index is 710. The molecule has 1 aromatic carbocycles. The number of amides is 1. The quantitative estimate of drug-likeness (QED) is 0.843. The molecule has 0 bridgehead atoms. The molecule has 0 aliphatic carbocycles. The van der Waals surface area contributed by atoms with Gasteiger partial charge in [-0.15, -0.1) is 0 Å². The fourth-order valence-electron chi connectivity index (χ4n) is 1.75. The maximum Gasteiger partial charge on any atom is 0.265 e. The van der Waals surface area contributed by atoms with E-state index in [4.69, 9.17) is 5.73 Å². The molecule has 2 aromatic rings. The molecule has 0 saturated heterocycles. The van der Waals surface area contributed by atoms with Gasteiger partial charge in [-0.05, 0) is 52.7 Å². The van der Waals surface area contributed by atoms with E-state index in [0.717, 1.165) is 5.56 Å². The summed E-state index contributed by atoms with van der Waals surface area (Å²) in [4.78, 5) is 23.8. The topological polar surface area (TPSA) is 77.1 Å². The molecule has 1 heterocycles. The number of nitrogens with zero attached hydrogens (tertiary/aromatic N) is 1. The highest BCUT2D eigenvalue weighted by Crippen LogP contribution is 2.18. The molecule has 5 nitrogen and oxygen atoms in total. The van der Waals surface area contributed by atoms with Gasteiger partial charge in [0.1, 0.15) is 6.54 Å². The molecule has 0 saturated carbocycles. The van der Waals surface area contributed by atoms with Crippen molar-refractivity contribution in [1.82, 2.24) is 4.57 Å². The summed E-state index contributed by atoms with van der Waals surface area (Å²) in [6, 6.07) is 8.63. The highest BCUT2D eigenvalue weighted by molar-refractivity contribution is 9.10. The Morgan fingerprint density at radius 2 is 2.15 bits per heavy atom. The Balaban J connectivity index is 2.15. The summed E-state index contributed by atoms with van der Waals surface area (Å²) in [6.45, 7) is 1.83. The lowest BCUT2D eigenvalue weighted by atomic mass is 10.2. The molecule has 0 radical (unpaired) electrons. The zero-order valence-corrected chi connectivity index (χ0v) is 12.5. The molecule has 0 aliphatic heterocycles. The van der Waals surface area contributed by atoms with Crippen LogP contribution in [0.4, 0.5) is 11.4 Å². The van der Waals surface area contributed by atoms with Crippen LogP contribution >= 0.6 is 15.9 Å². The van der Waals surface area contributed by atoms with Crippen molar-refractivity contribution in [3.8, 4) is 0 Å². The SMILES string of the molecule is Cc1ccc(N)cc1NC(=O)Cn1cccc(Br)c1=O. The van der Waals surface area contributed by atoms with Crippen LogP contribution in [0.15, 0.2) is 45.8 Å². The third-order valence-electron chi connectivity index (χ3n) is 2.82. The standard InChI is InChI=1S/C14H14BrN3O2/c1-9-4-5-10(16)7-12(9)17-13(19)8-18-6-2-3-11(15)14(18)20/h2-7H,8,16H2,1H3,(H,17,19). The van der Waals surface area contributed by atoms with E-state index in [1.807, 2.05) is 13.0 Å². The Morgan fingerprint density at radius 3 is 2.90 bits per heavy atom. The van der Waals surface area contributed by atoms with Crippen LogP contribution in [-0.2, 0) is 11.3 Å². The number of nitrogen functional groups attached to an aromatic ring is 1. The fourth-order valence-corrected chi connectivity index (χ4v) is 2.13. The predicted molar refractivity (Wildman–Crippen MR) is 82.6 cm³/mol. The number of aryl methyl sites for hydroxylation is 1. The van der Waals surface area contributed by atoms with E-state index in [1.54, 1.807) is 30.5 Å². The summed E-state index contributed by atoms with van der Waals surface area (Å²) in [5, 5.41) is 2.75. The van der Waals surface area contributed by atoms with Gasteiger partial charge in [-0.3, -0.25) is 9.59 Å².